The number of amides is 1. The SMILES string of the molecule is Nc1cc(C(=O)Nc2cccc(Br)c2)c([N+](=O)[O-])cc1F. The van der Waals surface area contributed by atoms with Gasteiger partial charge in [-0.05, 0) is 24.3 Å². The maximum atomic E-state index is 13.3. The second-order valence-corrected chi connectivity index (χ2v) is 5.03. The fourth-order valence-corrected chi connectivity index (χ4v) is 2.08. The Hall–Kier alpha value is -2.48. The number of benzene rings is 2. The van der Waals surface area contributed by atoms with Crippen LogP contribution in [0.25, 0.3) is 0 Å². The number of nitrogen functional groups attached to an aromatic ring is 1. The molecule has 0 saturated heterocycles. The van der Waals surface area contributed by atoms with Crippen molar-refractivity contribution in [3.63, 3.8) is 0 Å². The van der Waals surface area contributed by atoms with Crippen LogP contribution in [0.3, 0.4) is 0 Å². The summed E-state index contributed by atoms with van der Waals surface area (Å²) in [7, 11) is 0. The zero-order valence-corrected chi connectivity index (χ0v) is 12.1. The van der Waals surface area contributed by atoms with Crippen molar-refractivity contribution in [3.05, 3.63) is 62.4 Å². The van der Waals surface area contributed by atoms with E-state index in [1.54, 1.807) is 24.3 Å². The Kier molecular flexibility index (Phi) is 4.18. The average molecular weight is 354 g/mol. The molecule has 0 aliphatic carbocycles. The molecular formula is C13H9BrFN3O3. The summed E-state index contributed by atoms with van der Waals surface area (Å²) in [5.74, 6) is -1.69. The third kappa shape index (κ3) is 3.34. The van der Waals surface area contributed by atoms with Crippen LogP contribution in [-0.4, -0.2) is 10.8 Å². The number of nitrogens with one attached hydrogen (secondary N) is 1. The molecule has 0 unspecified atom stereocenters. The van der Waals surface area contributed by atoms with E-state index in [0.717, 1.165) is 10.5 Å². The van der Waals surface area contributed by atoms with Gasteiger partial charge in [0.15, 0.2) is 5.82 Å². The van der Waals surface area contributed by atoms with E-state index < -0.39 is 22.3 Å². The second-order valence-electron chi connectivity index (χ2n) is 4.11. The van der Waals surface area contributed by atoms with Gasteiger partial charge in [-0.25, -0.2) is 4.39 Å². The van der Waals surface area contributed by atoms with E-state index in [-0.39, 0.29) is 11.3 Å². The van der Waals surface area contributed by atoms with Crippen LogP contribution in [0, 0.1) is 15.9 Å². The molecule has 108 valence electrons. The fraction of sp³-hybridized carbons (Fsp3) is 0. The van der Waals surface area contributed by atoms with Crippen LogP contribution in [-0.2, 0) is 0 Å². The van der Waals surface area contributed by atoms with Gasteiger partial charge in [0.05, 0.1) is 16.7 Å². The average Bonchev–Trinajstić information content (AvgIpc) is 2.41. The predicted molar refractivity (Wildman–Crippen MR) is 79.6 cm³/mol. The van der Waals surface area contributed by atoms with E-state index in [0.29, 0.717) is 11.8 Å². The van der Waals surface area contributed by atoms with E-state index >= 15 is 0 Å². The highest BCUT2D eigenvalue weighted by atomic mass is 79.9. The van der Waals surface area contributed by atoms with Gasteiger partial charge in [0.1, 0.15) is 5.56 Å². The summed E-state index contributed by atoms with van der Waals surface area (Å²) in [6.45, 7) is 0. The molecule has 2 rings (SSSR count). The normalized spacial score (nSPS) is 10.2. The van der Waals surface area contributed by atoms with Crippen LogP contribution in [0.5, 0.6) is 0 Å². The van der Waals surface area contributed by atoms with Gasteiger partial charge in [-0.1, -0.05) is 22.0 Å². The highest BCUT2D eigenvalue weighted by molar-refractivity contribution is 9.10. The number of halogens is 2. The van der Waals surface area contributed by atoms with Crippen LogP contribution in [0.15, 0.2) is 40.9 Å². The number of nitrogens with two attached hydrogens (primary N) is 1. The smallest absolute Gasteiger partial charge is 0.285 e. The first-order valence-corrected chi connectivity index (χ1v) is 6.48. The van der Waals surface area contributed by atoms with Crippen molar-refractivity contribution in [2.45, 2.75) is 0 Å². The molecule has 0 aromatic heterocycles. The van der Waals surface area contributed by atoms with Crippen molar-refractivity contribution in [2.24, 2.45) is 0 Å². The molecule has 3 N–H and O–H groups in total. The molecule has 0 spiro atoms. The molecule has 0 saturated carbocycles. The fourth-order valence-electron chi connectivity index (χ4n) is 1.68. The minimum absolute atomic E-state index is 0.307. The first kappa shape index (κ1) is 14.9. The summed E-state index contributed by atoms with van der Waals surface area (Å²) in [4.78, 5) is 22.2. The highest BCUT2D eigenvalue weighted by Crippen LogP contribution is 2.25. The zero-order valence-electron chi connectivity index (χ0n) is 10.5. The van der Waals surface area contributed by atoms with Crippen molar-refractivity contribution < 1.29 is 14.1 Å². The lowest BCUT2D eigenvalue weighted by Gasteiger charge is -2.07. The third-order valence-electron chi connectivity index (χ3n) is 2.64. The number of nitrogens with zero attached hydrogens (tertiary/aromatic N) is 1. The number of hydrogen-bond donors (Lipinski definition) is 2. The van der Waals surface area contributed by atoms with Gasteiger partial charge in [-0.3, -0.25) is 14.9 Å². The van der Waals surface area contributed by atoms with Gasteiger partial charge < -0.3 is 11.1 Å². The number of hydrogen-bond acceptors (Lipinski definition) is 4. The molecule has 0 radical (unpaired) electrons. The lowest BCUT2D eigenvalue weighted by molar-refractivity contribution is -0.385. The molecule has 0 aliphatic heterocycles. The summed E-state index contributed by atoms with van der Waals surface area (Å²) in [5.41, 5.74) is 4.51. The molecule has 0 fully saturated rings. The van der Waals surface area contributed by atoms with Crippen LogP contribution < -0.4 is 11.1 Å². The lowest BCUT2D eigenvalue weighted by atomic mass is 10.1. The largest absolute Gasteiger partial charge is 0.396 e. The molecule has 1 amide bonds. The minimum atomic E-state index is -0.944. The van der Waals surface area contributed by atoms with Crippen molar-refractivity contribution in [1.29, 1.82) is 0 Å². The quantitative estimate of drug-likeness (QED) is 0.502. The molecule has 8 heteroatoms. The monoisotopic (exact) mass is 353 g/mol. The van der Waals surface area contributed by atoms with Crippen LogP contribution in [0.2, 0.25) is 0 Å². The topological polar surface area (TPSA) is 98.3 Å². The standard InChI is InChI=1S/C13H9BrFN3O3/c14-7-2-1-3-8(4-7)17-13(19)9-5-11(16)10(15)6-12(9)18(20)21/h1-6H,16H2,(H,17,19). The van der Waals surface area contributed by atoms with Crippen molar-refractivity contribution in [3.8, 4) is 0 Å². The van der Waals surface area contributed by atoms with Gasteiger partial charge in [-0.15, -0.1) is 0 Å². The van der Waals surface area contributed by atoms with Crippen molar-refractivity contribution in [2.75, 3.05) is 11.1 Å². The Labute approximate surface area is 127 Å². The lowest BCUT2D eigenvalue weighted by Crippen LogP contribution is -2.15. The Balaban J connectivity index is 2.39. The number of nitro groups is 1. The Bertz CT molecular complexity index is 737. The van der Waals surface area contributed by atoms with Gasteiger partial charge in [0, 0.05) is 10.2 Å². The summed E-state index contributed by atoms with van der Waals surface area (Å²) >= 11 is 3.24. The van der Waals surface area contributed by atoms with E-state index in [9.17, 15) is 19.3 Å². The van der Waals surface area contributed by atoms with Gasteiger partial charge in [0.25, 0.3) is 11.6 Å². The van der Waals surface area contributed by atoms with Crippen LogP contribution >= 0.6 is 15.9 Å². The molecule has 6 nitrogen and oxygen atoms in total. The maximum Gasteiger partial charge on any atom is 0.285 e. The first-order valence-electron chi connectivity index (χ1n) is 5.69. The molecule has 0 aliphatic rings. The number of anilines is 2. The summed E-state index contributed by atoms with van der Waals surface area (Å²) in [6.07, 6.45) is 0. The second kappa shape index (κ2) is 5.88. The van der Waals surface area contributed by atoms with Gasteiger partial charge in [0.2, 0.25) is 0 Å². The third-order valence-corrected chi connectivity index (χ3v) is 3.13. The minimum Gasteiger partial charge on any atom is -0.396 e. The molecule has 2 aromatic rings. The van der Waals surface area contributed by atoms with E-state index in [2.05, 4.69) is 21.2 Å². The molecular weight excluding hydrogens is 345 g/mol. The number of rotatable bonds is 3. The van der Waals surface area contributed by atoms with E-state index in [1.807, 2.05) is 0 Å². The molecule has 0 bridgehead atoms. The highest BCUT2D eigenvalue weighted by Gasteiger charge is 2.23. The molecule has 0 heterocycles. The number of nitro benzene ring substituents is 1. The van der Waals surface area contributed by atoms with Crippen LogP contribution in [0.1, 0.15) is 10.4 Å². The van der Waals surface area contributed by atoms with Gasteiger partial charge >= 0.3 is 0 Å². The zero-order chi connectivity index (χ0) is 15.6. The molecule has 2 aromatic carbocycles. The maximum absolute atomic E-state index is 13.3. The predicted octanol–water partition coefficient (Wildman–Crippen LogP) is 3.33. The van der Waals surface area contributed by atoms with E-state index in [4.69, 9.17) is 5.73 Å². The number of carbonyl (C=O) groups is 1. The Morgan fingerprint density at radius 3 is 2.67 bits per heavy atom. The first-order chi connectivity index (χ1) is 9.88. The summed E-state index contributed by atoms with van der Waals surface area (Å²) in [6, 6.07) is 8.26. The number of carbonyl (C=O) groups excluding carboxylic acids is 1. The van der Waals surface area contributed by atoms with Crippen LogP contribution in [0.4, 0.5) is 21.5 Å². The molecule has 21 heavy (non-hydrogen) atoms. The Morgan fingerprint density at radius 2 is 2.05 bits per heavy atom. The van der Waals surface area contributed by atoms with Crippen molar-refractivity contribution >= 4 is 38.9 Å². The van der Waals surface area contributed by atoms with E-state index in [1.165, 1.54) is 0 Å². The molecule has 0 atom stereocenters. The van der Waals surface area contributed by atoms with Crippen molar-refractivity contribution in [1.82, 2.24) is 0 Å². The summed E-state index contributed by atoms with van der Waals surface area (Å²) in [5, 5.41) is 13.4. The summed E-state index contributed by atoms with van der Waals surface area (Å²) < 4.78 is 14.0. The Morgan fingerprint density at radius 1 is 1.33 bits per heavy atom. The van der Waals surface area contributed by atoms with Gasteiger partial charge in [-0.2, -0.15) is 0 Å².